The Balaban J connectivity index is 2.21. The number of aliphatic hydroxyl groups is 2. The normalized spacial score (nSPS) is 56.6. The van der Waals surface area contributed by atoms with Gasteiger partial charge in [-0.3, -0.25) is 4.79 Å². The zero-order chi connectivity index (χ0) is 17.2. The van der Waals surface area contributed by atoms with Crippen molar-refractivity contribution in [3.8, 4) is 0 Å². The van der Waals surface area contributed by atoms with Crippen LogP contribution in [0.2, 0.25) is 0 Å². The summed E-state index contributed by atoms with van der Waals surface area (Å²) in [6.45, 7) is 12.4. The van der Waals surface area contributed by atoms with Gasteiger partial charge in [0.2, 0.25) is 0 Å². The number of carbonyl (C=O) groups excluding carboxylic acids is 1. The van der Waals surface area contributed by atoms with Gasteiger partial charge in [-0.1, -0.05) is 33.8 Å². The molecule has 8 atom stereocenters. The standard InChI is InChI=1S/C20H32O3/c1-6-18(4)11-15(22)19(5)12(2)7-9-20(13(3)17(18)23)10-8-14(21)16(19)20/h6,12-13,15-17,22-23H,1,7-11H2,2-5H3/t12?,13-,15?,16-,17-,18+,19-,20-/m0/s1. The number of Topliss-reactive ketones (excluding diaryl/α,β-unsaturated/α-hetero) is 1. The van der Waals surface area contributed by atoms with Crippen LogP contribution in [-0.4, -0.2) is 28.2 Å². The Hall–Kier alpha value is -0.670. The molecule has 130 valence electrons. The number of aliphatic hydroxyl groups excluding tert-OH is 2. The molecule has 0 spiro atoms. The molecule has 3 aliphatic rings. The Bertz CT molecular complexity index is 529. The van der Waals surface area contributed by atoms with E-state index in [1.807, 2.05) is 13.0 Å². The average Bonchev–Trinajstić information content (AvgIpc) is 2.87. The lowest BCUT2D eigenvalue weighted by Crippen LogP contribution is -2.62. The van der Waals surface area contributed by atoms with Crippen LogP contribution in [0.1, 0.15) is 59.8 Å². The molecule has 0 aromatic rings. The van der Waals surface area contributed by atoms with E-state index in [1.165, 1.54) is 0 Å². The molecule has 3 saturated carbocycles. The predicted molar refractivity (Wildman–Crippen MR) is 90.8 cm³/mol. The van der Waals surface area contributed by atoms with Gasteiger partial charge in [0.25, 0.3) is 0 Å². The third-order valence-corrected chi connectivity index (χ3v) is 8.33. The van der Waals surface area contributed by atoms with Gasteiger partial charge < -0.3 is 10.2 Å². The first-order valence-corrected chi connectivity index (χ1v) is 9.16. The zero-order valence-corrected chi connectivity index (χ0v) is 15.0. The summed E-state index contributed by atoms with van der Waals surface area (Å²) in [6, 6.07) is 0. The first-order chi connectivity index (χ1) is 10.6. The number of carbonyl (C=O) groups is 1. The van der Waals surface area contributed by atoms with E-state index in [2.05, 4.69) is 27.4 Å². The van der Waals surface area contributed by atoms with Gasteiger partial charge in [-0.05, 0) is 42.9 Å². The largest absolute Gasteiger partial charge is 0.392 e. The van der Waals surface area contributed by atoms with Gasteiger partial charge in [0, 0.05) is 23.2 Å². The summed E-state index contributed by atoms with van der Waals surface area (Å²) in [5.41, 5.74) is -1.07. The minimum absolute atomic E-state index is 0.0428. The van der Waals surface area contributed by atoms with Crippen LogP contribution < -0.4 is 0 Å². The van der Waals surface area contributed by atoms with Gasteiger partial charge in [-0.15, -0.1) is 6.58 Å². The minimum atomic E-state index is -0.589. The molecule has 0 heterocycles. The van der Waals surface area contributed by atoms with Crippen molar-refractivity contribution in [3.05, 3.63) is 12.7 Å². The molecular formula is C20H32O3. The van der Waals surface area contributed by atoms with Gasteiger partial charge >= 0.3 is 0 Å². The molecule has 3 heteroatoms. The van der Waals surface area contributed by atoms with E-state index in [0.29, 0.717) is 24.5 Å². The van der Waals surface area contributed by atoms with E-state index in [0.717, 1.165) is 19.3 Å². The highest BCUT2D eigenvalue weighted by atomic mass is 16.3. The predicted octanol–water partition coefficient (Wildman–Crippen LogP) is 3.34. The summed E-state index contributed by atoms with van der Waals surface area (Å²) >= 11 is 0. The highest BCUT2D eigenvalue weighted by Gasteiger charge is 2.67. The Kier molecular flexibility index (Phi) is 3.85. The molecular weight excluding hydrogens is 288 g/mol. The van der Waals surface area contributed by atoms with Crippen LogP contribution in [0.5, 0.6) is 0 Å². The number of hydrogen-bond acceptors (Lipinski definition) is 3. The number of hydrogen-bond donors (Lipinski definition) is 2. The van der Waals surface area contributed by atoms with Crippen LogP contribution in [0, 0.1) is 34.0 Å². The van der Waals surface area contributed by atoms with E-state index in [1.54, 1.807) is 0 Å². The molecule has 0 aromatic heterocycles. The van der Waals surface area contributed by atoms with Crippen LogP contribution in [-0.2, 0) is 4.79 Å². The summed E-state index contributed by atoms with van der Waals surface area (Å²) < 4.78 is 0. The minimum Gasteiger partial charge on any atom is -0.392 e. The highest BCUT2D eigenvalue weighted by Crippen LogP contribution is 2.67. The third kappa shape index (κ3) is 1.99. The quantitative estimate of drug-likeness (QED) is 0.729. The number of ketones is 1. The molecule has 3 aliphatic carbocycles. The van der Waals surface area contributed by atoms with Crippen molar-refractivity contribution in [2.45, 2.75) is 72.0 Å². The third-order valence-electron chi connectivity index (χ3n) is 8.33. The maximum atomic E-state index is 12.8. The van der Waals surface area contributed by atoms with Crippen LogP contribution >= 0.6 is 0 Å². The second-order valence-electron chi connectivity index (χ2n) is 9.10. The van der Waals surface area contributed by atoms with Crippen LogP contribution in [0.15, 0.2) is 12.7 Å². The number of rotatable bonds is 1. The Morgan fingerprint density at radius 2 is 1.87 bits per heavy atom. The van der Waals surface area contributed by atoms with Crippen molar-refractivity contribution in [1.29, 1.82) is 0 Å². The fourth-order valence-electron chi connectivity index (χ4n) is 6.37. The van der Waals surface area contributed by atoms with Crippen molar-refractivity contribution in [3.63, 3.8) is 0 Å². The highest BCUT2D eigenvalue weighted by molar-refractivity contribution is 5.85. The second-order valence-corrected chi connectivity index (χ2v) is 9.10. The van der Waals surface area contributed by atoms with E-state index in [9.17, 15) is 15.0 Å². The molecule has 0 aromatic carbocycles. The second kappa shape index (κ2) is 5.16. The van der Waals surface area contributed by atoms with E-state index in [4.69, 9.17) is 0 Å². The maximum Gasteiger partial charge on any atom is 0.137 e. The monoisotopic (exact) mass is 320 g/mol. The van der Waals surface area contributed by atoms with E-state index in [-0.39, 0.29) is 17.3 Å². The summed E-state index contributed by atoms with van der Waals surface area (Å²) in [6.07, 6.45) is 4.60. The summed E-state index contributed by atoms with van der Waals surface area (Å²) in [5.74, 6) is 0.544. The molecule has 3 fully saturated rings. The van der Waals surface area contributed by atoms with Crippen molar-refractivity contribution in [1.82, 2.24) is 0 Å². The first-order valence-electron chi connectivity index (χ1n) is 9.16. The Morgan fingerprint density at radius 3 is 2.48 bits per heavy atom. The lowest BCUT2D eigenvalue weighted by Gasteiger charge is -2.61. The van der Waals surface area contributed by atoms with Crippen molar-refractivity contribution in [2.24, 2.45) is 34.0 Å². The van der Waals surface area contributed by atoms with Crippen molar-refractivity contribution < 1.29 is 15.0 Å². The lowest BCUT2D eigenvalue weighted by molar-refractivity contribution is -0.191. The molecule has 0 saturated heterocycles. The van der Waals surface area contributed by atoms with E-state index < -0.39 is 23.0 Å². The maximum absolute atomic E-state index is 12.8. The van der Waals surface area contributed by atoms with Gasteiger partial charge in [-0.25, -0.2) is 0 Å². The molecule has 2 unspecified atom stereocenters. The van der Waals surface area contributed by atoms with Gasteiger partial charge in [0.15, 0.2) is 0 Å². The average molecular weight is 320 g/mol. The van der Waals surface area contributed by atoms with Crippen LogP contribution in [0.25, 0.3) is 0 Å². The molecule has 3 nitrogen and oxygen atoms in total. The summed E-state index contributed by atoms with van der Waals surface area (Å²) in [7, 11) is 0. The van der Waals surface area contributed by atoms with Crippen molar-refractivity contribution >= 4 is 5.78 Å². The topological polar surface area (TPSA) is 57.5 Å². The smallest absolute Gasteiger partial charge is 0.137 e. The van der Waals surface area contributed by atoms with Crippen LogP contribution in [0.3, 0.4) is 0 Å². The van der Waals surface area contributed by atoms with E-state index >= 15 is 0 Å². The molecule has 2 bridgehead atoms. The van der Waals surface area contributed by atoms with Gasteiger partial charge in [-0.2, -0.15) is 0 Å². The summed E-state index contributed by atoms with van der Waals surface area (Å²) in [4.78, 5) is 12.8. The zero-order valence-electron chi connectivity index (χ0n) is 15.0. The molecule has 3 rings (SSSR count). The fourth-order valence-corrected chi connectivity index (χ4v) is 6.37. The molecule has 0 aliphatic heterocycles. The van der Waals surface area contributed by atoms with Gasteiger partial charge in [0.05, 0.1) is 12.2 Å². The SMILES string of the molecule is C=C[C@]1(C)CC(O)[C@]2(C)C(C)CC[C@]3(CCC(=O)[C@@H]23)[C@@H](C)[C@@H]1O. The molecule has 2 N–H and O–H groups in total. The van der Waals surface area contributed by atoms with Gasteiger partial charge in [0.1, 0.15) is 5.78 Å². The van der Waals surface area contributed by atoms with Crippen molar-refractivity contribution in [2.75, 3.05) is 0 Å². The summed E-state index contributed by atoms with van der Waals surface area (Å²) in [5, 5.41) is 22.3. The fraction of sp³-hybridized carbons (Fsp3) is 0.850. The molecule has 23 heavy (non-hydrogen) atoms. The first kappa shape index (κ1) is 17.2. The Labute approximate surface area is 140 Å². The Morgan fingerprint density at radius 1 is 1.22 bits per heavy atom. The van der Waals surface area contributed by atoms with Crippen LogP contribution in [0.4, 0.5) is 0 Å². The molecule has 0 amide bonds. The molecule has 0 radical (unpaired) electrons. The lowest BCUT2D eigenvalue weighted by atomic mass is 9.44.